The van der Waals surface area contributed by atoms with E-state index in [9.17, 15) is 9.59 Å². The molecular weight excluding hydrogens is 316 g/mol. The molecule has 6 nitrogen and oxygen atoms in total. The van der Waals surface area contributed by atoms with Crippen molar-refractivity contribution in [2.24, 2.45) is 0 Å². The van der Waals surface area contributed by atoms with Gasteiger partial charge >= 0.3 is 6.03 Å². The topological polar surface area (TPSA) is 73.5 Å². The van der Waals surface area contributed by atoms with Crippen molar-refractivity contribution >= 4 is 11.9 Å². The SMILES string of the molecule is CCNC(=O)CNC(=O)NCc1ccc(CN2CCCCC2C)cc1. The molecule has 1 aliphatic rings. The van der Waals surface area contributed by atoms with Crippen LogP contribution < -0.4 is 16.0 Å². The van der Waals surface area contributed by atoms with Gasteiger partial charge in [0.25, 0.3) is 0 Å². The van der Waals surface area contributed by atoms with Crippen molar-refractivity contribution < 1.29 is 9.59 Å². The Labute approximate surface area is 150 Å². The summed E-state index contributed by atoms with van der Waals surface area (Å²) in [5.74, 6) is -0.186. The molecule has 1 atom stereocenters. The minimum Gasteiger partial charge on any atom is -0.355 e. The second-order valence-corrected chi connectivity index (χ2v) is 6.62. The second kappa shape index (κ2) is 10.0. The van der Waals surface area contributed by atoms with E-state index < -0.39 is 0 Å². The Kier molecular flexibility index (Phi) is 7.73. The maximum Gasteiger partial charge on any atom is 0.315 e. The fraction of sp³-hybridized carbons (Fsp3) is 0.579. The number of nitrogens with one attached hydrogen (secondary N) is 3. The number of piperidine rings is 1. The smallest absolute Gasteiger partial charge is 0.315 e. The molecule has 1 saturated heterocycles. The number of hydrogen-bond acceptors (Lipinski definition) is 3. The van der Waals surface area contributed by atoms with Crippen LogP contribution >= 0.6 is 0 Å². The van der Waals surface area contributed by atoms with Crippen LogP contribution in [0.2, 0.25) is 0 Å². The van der Waals surface area contributed by atoms with E-state index in [1.807, 2.05) is 19.1 Å². The average molecular weight is 346 g/mol. The lowest BCUT2D eigenvalue weighted by Gasteiger charge is -2.33. The molecular formula is C19H30N4O2. The van der Waals surface area contributed by atoms with Gasteiger partial charge in [-0.15, -0.1) is 0 Å². The molecule has 1 unspecified atom stereocenters. The maximum absolute atomic E-state index is 11.7. The minimum absolute atomic E-state index is 0.00731. The van der Waals surface area contributed by atoms with Gasteiger partial charge in [0.2, 0.25) is 5.91 Å². The quantitative estimate of drug-likeness (QED) is 0.707. The molecule has 0 saturated carbocycles. The molecule has 0 spiro atoms. The molecule has 25 heavy (non-hydrogen) atoms. The summed E-state index contributed by atoms with van der Waals surface area (Å²) < 4.78 is 0. The Bertz CT molecular complexity index is 559. The Morgan fingerprint density at radius 1 is 1.08 bits per heavy atom. The van der Waals surface area contributed by atoms with Gasteiger partial charge in [0.15, 0.2) is 0 Å². The van der Waals surface area contributed by atoms with Crippen molar-refractivity contribution in [2.45, 2.75) is 52.2 Å². The van der Waals surface area contributed by atoms with Gasteiger partial charge in [0, 0.05) is 25.7 Å². The van der Waals surface area contributed by atoms with E-state index in [1.54, 1.807) is 0 Å². The molecule has 2 rings (SSSR count). The lowest BCUT2D eigenvalue weighted by atomic mass is 10.0. The summed E-state index contributed by atoms with van der Waals surface area (Å²) in [6.45, 7) is 7.31. The summed E-state index contributed by atoms with van der Waals surface area (Å²) >= 11 is 0. The molecule has 1 aromatic rings. The van der Waals surface area contributed by atoms with E-state index in [1.165, 1.54) is 31.4 Å². The highest BCUT2D eigenvalue weighted by Crippen LogP contribution is 2.19. The largest absolute Gasteiger partial charge is 0.355 e. The van der Waals surface area contributed by atoms with E-state index in [-0.39, 0.29) is 18.5 Å². The zero-order valence-corrected chi connectivity index (χ0v) is 15.3. The monoisotopic (exact) mass is 346 g/mol. The van der Waals surface area contributed by atoms with Gasteiger partial charge in [-0.25, -0.2) is 4.79 Å². The van der Waals surface area contributed by atoms with Crippen LogP contribution in [0.25, 0.3) is 0 Å². The number of likely N-dealkylation sites (N-methyl/N-ethyl adjacent to an activating group) is 1. The molecule has 6 heteroatoms. The number of carbonyl (C=O) groups excluding carboxylic acids is 2. The molecule has 1 aliphatic heterocycles. The molecule has 0 radical (unpaired) electrons. The summed E-state index contributed by atoms with van der Waals surface area (Å²) in [4.78, 5) is 25.5. The van der Waals surface area contributed by atoms with Crippen LogP contribution in [0, 0.1) is 0 Å². The number of amides is 3. The summed E-state index contributed by atoms with van der Waals surface area (Å²) in [5.41, 5.74) is 2.35. The van der Waals surface area contributed by atoms with Crippen LogP contribution in [0.4, 0.5) is 4.79 Å². The number of rotatable bonds is 7. The predicted molar refractivity (Wildman–Crippen MR) is 99.1 cm³/mol. The fourth-order valence-corrected chi connectivity index (χ4v) is 3.05. The summed E-state index contributed by atoms with van der Waals surface area (Å²) in [5, 5.41) is 7.93. The predicted octanol–water partition coefficient (Wildman–Crippen LogP) is 2.00. The molecule has 0 bridgehead atoms. The molecule has 1 fully saturated rings. The van der Waals surface area contributed by atoms with Crippen molar-refractivity contribution in [1.29, 1.82) is 0 Å². The number of hydrogen-bond donors (Lipinski definition) is 3. The average Bonchev–Trinajstić information content (AvgIpc) is 2.61. The molecule has 3 amide bonds. The van der Waals surface area contributed by atoms with Crippen molar-refractivity contribution in [3.8, 4) is 0 Å². The first-order valence-electron chi connectivity index (χ1n) is 9.18. The van der Waals surface area contributed by atoms with E-state index in [4.69, 9.17) is 0 Å². The van der Waals surface area contributed by atoms with Crippen molar-refractivity contribution in [3.63, 3.8) is 0 Å². The number of carbonyl (C=O) groups is 2. The van der Waals surface area contributed by atoms with E-state index in [2.05, 4.69) is 39.9 Å². The number of nitrogens with zero attached hydrogens (tertiary/aromatic N) is 1. The highest BCUT2D eigenvalue weighted by molar-refractivity contribution is 5.83. The van der Waals surface area contributed by atoms with Crippen molar-refractivity contribution in [2.75, 3.05) is 19.6 Å². The van der Waals surface area contributed by atoms with Gasteiger partial charge in [0.1, 0.15) is 0 Å². The van der Waals surface area contributed by atoms with Gasteiger partial charge < -0.3 is 16.0 Å². The van der Waals surface area contributed by atoms with Gasteiger partial charge in [0.05, 0.1) is 6.54 Å². The van der Waals surface area contributed by atoms with Gasteiger partial charge in [-0.1, -0.05) is 30.7 Å². The molecule has 3 N–H and O–H groups in total. The third-order valence-corrected chi connectivity index (χ3v) is 4.59. The zero-order valence-electron chi connectivity index (χ0n) is 15.3. The van der Waals surface area contributed by atoms with Crippen molar-refractivity contribution in [3.05, 3.63) is 35.4 Å². The Morgan fingerprint density at radius 3 is 2.48 bits per heavy atom. The maximum atomic E-state index is 11.7. The van der Waals surface area contributed by atoms with E-state index >= 15 is 0 Å². The molecule has 1 heterocycles. The zero-order chi connectivity index (χ0) is 18.1. The summed E-state index contributed by atoms with van der Waals surface area (Å²) in [7, 11) is 0. The Hall–Kier alpha value is -2.08. The number of likely N-dealkylation sites (tertiary alicyclic amines) is 1. The number of urea groups is 1. The normalized spacial score (nSPS) is 17.8. The first kappa shape index (κ1) is 19.2. The fourth-order valence-electron chi connectivity index (χ4n) is 3.05. The van der Waals surface area contributed by atoms with Crippen LogP contribution in [-0.4, -0.2) is 42.5 Å². The number of benzene rings is 1. The van der Waals surface area contributed by atoms with Gasteiger partial charge in [-0.2, -0.15) is 0 Å². The first-order valence-corrected chi connectivity index (χ1v) is 9.18. The minimum atomic E-state index is -0.336. The molecule has 138 valence electrons. The van der Waals surface area contributed by atoms with Gasteiger partial charge in [-0.05, 0) is 44.4 Å². The summed E-state index contributed by atoms with van der Waals surface area (Å²) in [6.07, 6.45) is 3.91. The lowest BCUT2D eigenvalue weighted by molar-refractivity contribution is -0.119. The van der Waals surface area contributed by atoms with Crippen LogP contribution in [0.15, 0.2) is 24.3 Å². The lowest BCUT2D eigenvalue weighted by Crippen LogP contribution is -2.41. The standard InChI is InChI=1S/C19H30N4O2/c1-3-20-18(24)13-22-19(25)21-12-16-7-9-17(10-8-16)14-23-11-5-4-6-15(23)2/h7-10,15H,3-6,11-14H2,1-2H3,(H,20,24)(H2,21,22,25). The first-order chi connectivity index (χ1) is 12.1. The van der Waals surface area contributed by atoms with E-state index in [0.29, 0.717) is 19.1 Å². The third kappa shape index (κ3) is 6.74. The van der Waals surface area contributed by atoms with Gasteiger partial charge in [-0.3, -0.25) is 9.69 Å². The summed E-state index contributed by atoms with van der Waals surface area (Å²) in [6, 6.07) is 8.68. The van der Waals surface area contributed by atoms with Crippen molar-refractivity contribution in [1.82, 2.24) is 20.9 Å². The highest BCUT2D eigenvalue weighted by Gasteiger charge is 2.17. The second-order valence-electron chi connectivity index (χ2n) is 6.62. The highest BCUT2D eigenvalue weighted by atomic mass is 16.2. The van der Waals surface area contributed by atoms with E-state index in [0.717, 1.165) is 12.1 Å². The van der Waals surface area contributed by atoms with Crippen LogP contribution in [0.3, 0.4) is 0 Å². The molecule has 0 aliphatic carbocycles. The van der Waals surface area contributed by atoms with Crippen LogP contribution in [-0.2, 0) is 17.9 Å². The third-order valence-electron chi connectivity index (χ3n) is 4.59. The molecule has 1 aromatic carbocycles. The van der Waals surface area contributed by atoms with Crippen LogP contribution in [0.1, 0.15) is 44.2 Å². The molecule has 0 aromatic heterocycles. The van der Waals surface area contributed by atoms with Crippen LogP contribution in [0.5, 0.6) is 0 Å². The Balaban J connectivity index is 1.72. The Morgan fingerprint density at radius 2 is 1.80 bits per heavy atom.